The molecular formula is C9H11BrFNO. The summed E-state index contributed by atoms with van der Waals surface area (Å²) >= 11 is 3.13. The first-order chi connectivity index (χ1) is 6.06. The third-order valence-corrected chi connectivity index (χ3v) is 2.59. The summed E-state index contributed by atoms with van der Waals surface area (Å²) < 4.78 is 18.5. The van der Waals surface area contributed by atoms with E-state index in [1.807, 2.05) is 0 Å². The van der Waals surface area contributed by atoms with E-state index in [0.29, 0.717) is 15.8 Å². The van der Waals surface area contributed by atoms with E-state index in [4.69, 9.17) is 10.5 Å². The molecule has 0 saturated carbocycles. The maximum Gasteiger partial charge on any atom is 0.141 e. The number of nitrogens with two attached hydrogens (primary N) is 1. The van der Waals surface area contributed by atoms with Crippen molar-refractivity contribution in [2.24, 2.45) is 5.73 Å². The fraction of sp³-hybridized carbons (Fsp3) is 0.333. The summed E-state index contributed by atoms with van der Waals surface area (Å²) in [5.74, 6) is 0.125. The summed E-state index contributed by atoms with van der Waals surface area (Å²) in [6.07, 6.45) is 0. The first-order valence-corrected chi connectivity index (χ1v) is 4.64. The number of benzene rings is 1. The van der Waals surface area contributed by atoms with E-state index >= 15 is 0 Å². The number of methoxy groups -OCH3 is 1. The second-order valence-corrected chi connectivity index (χ2v) is 3.59. The molecule has 0 radical (unpaired) electrons. The molecule has 4 heteroatoms. The van der Waals surface area contributed by atoms with Crippen molar-refractivity contribution in [3.63, 3.8) is 0 Å². The lowest BCUT2D eigenvalue weighted by molar-refractivity contribution is 0.409. The predicted molar refractivity (Wildman–Crippen MR) is 53.3 cm³/mol. The number of rotatable bonds is 2. The van der Waals surface area contributed by atoms with Crippen LogP contribution in [0.25, 0.3) is 0 Å². The Hall–Kier alpha value is -0.610. The molecule has 0 aliphatic heterocycles. The van der Waals surface area contributed by atoms with Crippen molar-refractivity contribution in [2.45, 2.75) is 13.0 Å². The molecule has 1 rings (SSSR count). The Morgan fingerprint density at radius 2 is 2.15 bits per heavy atom. The quantitative estimate of drug-likeness (QED) is 0.873. The summed E-state index contributed by atoms with van der Waals surface area (Å²) in [5, 5.41) is 0. The third-order valence-electron chi connectivity index (χ3n) is 1.76. The van der Waals surface area contributed by atoms with Gasteiger partial charge in [0.2, 0.25) is 0 Å². The first-order valence-electron chi connectivity index (χ1n) is 3.84. The molecule has 2 N–H and O–H groups in total. The van der Waals surface area contributed by atoms with Crippen LogP contribution in [0.1, 0.15) is 18.5 Å². The van der Waals surface area contributed by atoms with Crippen molar-refractivity contribution in [3.05, 3.63) is 28.0 Å². The first kappa shape index (κ1) is 10.5. The van der Waals surface area contributed by atoms with Gasteiger partial charge in [-0.1, -0.05) is 0 Å². The Balaban J connectivity index is 3.25. The summed E-state index contributed by atoms with van der Waals surface area (Å²) in [4.78, 5) is 0. The molecule has 0 aliphatic rings. The SMILES string of the molecule is COc1cc(F)c(Br)c(C(C)N)c1. The molecule has 13 heavy (non-hydrogen) atoms. The fourth-order valence-corrected chi connectivity index (χ4v) is 1.62. The van der Waals surface area contributed by atoms with Gasteiger partial charge in [0, 0.05) is 12.1 Å². The van der Waals surface area contributed by atoms with Crippen molar-refractivity contribution < 1.29 is 9.13 Å². The molecule has 0 amide bonds. The van der Waals surface area contributed by atoms with Gasteiger partial charge >= 0.3 is 0 Å². The van der Waals surface area contributed by atoms with E-state index in [1.54, 1.807) is 13.0 Å². The summed E-state index contributed by atoms with van der Waals surface area (Å²) in [6, 6.07) is 2.81. The van der Waals surface area contributed by atoms with Crippen molar-refractivity contribution in [1.82, 2.24) is 0 Å². The largest absolute Gasteiger partial charge is 0.497 e. The zero-order valence-electron chi connectivity index (χ0n) is 7.47. The van der Waals surface area contributed by atoms with Crippen LogP contribution < -0.4 is 10.5 Å². The standard InChI is InChI=1S/C9H11BrFNO/c1-5(12)7-3-6(13-2)4-8(11)9(7)10/h3-5H,12H2,1-2H3. The highest BCUT2D eigenvalue weighted by Gasteiger charge is 2.11. The van der Waals surface area contributed by atoms with Crippen LogP contribution in [-0.4, -0.2) is 7.11 Å². The van der Waals surface area contributed by atoms with Crippen LogP contribution in [0.2, 0.25) is 0 Å². The average molecular weight is 248 g/mol. The monoisotopic (exact) mass is 247 g/mol. The Morgan fingerprint density at radius 1 is 1.54 bits per heavy atom. The van der Waals surface area contributed by atoms with Gasteiger partial charge in [0.25, 0.3) is 0 Å². The lowest BCUT2D eigenvalue weighted by Crippen LogP contribution is -2.07. The Labute approximate surface area is 85.0 Å². The molecular weight excluding hydrogens is 237 g/mol. The van der Waals surface area contributed by atoms with Gasteiger partial charge in [0.1, 0.15) is 11.6 Å². The molecule has 0 heterocycles. The fourth-order valence-electron chi connectivity index (χ4n) is 1.03. The van der Waals surface area contributed by atoms with E-state index in [0.717, 1.165) is 0 Å². The van der Waals surface area contributed by atoms with Crippen LogP contribution in [0.15, 0.2) is 16.6 Å². The highest BCUT2D eigenvalue weighted by atomic mass is 79.9. The number of hydrogen-bond acceptors (Lipinski definition) is 2. The zero-order valence-corrected chi connectivity index (χ0v) is 9.06. The minimum atomic E-state index is -0.355. The summed E-state index contributed by atoms with van der Waals surface area (Å²) in [6.45, 7) is 1.79. The van der Waals surface area contributed by atoms with Gasteiger partial charge in [-0.25, -0.2) is 4.39 Å². The minimum absolute atomic E-state index is 0.223. The zero-order chi connectivity index (χ0) is 10.0. The van der Waals surface area contributed by atoms with Gasteiger partial charge in [-0.05, 0) is 34.5 Å². The maximum absolute atomic E-state index is 13.2. The predicted octanol–water partition coefficient (Wildman–Crippen LogP) is 2.62. The molecule has 0 saturated heterocycles. The highest BCUT2D eigenvalue weighted by molar-refractivity contribution is 9.10. The van der Waals surface area contributed by atoms with E-state index < -0.39 is 0 Å². The molecule has 0 fully saturated rings. The number of halogens is 2. The van der Waals surface area contributed by atoms with Crippen molar-refractivity contribution in [3.8, 4) is 5.75 Å². The molecule has 1 atom stereocenters. The normalized spacial score (nSPS) is 12.7. The molecule has 1 aromatic carbocycles. The molecule has 0 bridgehead atoms. The second-order valence-electron chi connectivity index (χ2n) is 2.80. The molecule has 2 nitrogen and oxygen atoms in total. The lowest BCUT2D eigenvalue weighted by Gasteiger charge is -2.11. The highest BCUT2D eigenvalue weighted by Crippen LogP contribution is 2.29. The van der Waals surface area contributed by atoms with Crippen molar-refractivity contribution in [1.29, 1.82) is 0 Å². The van der Waals surface area contributed by atoms with Crippen molar-refractivity contribution in [2.75, 3.05) is 7.11 Å². The van der Waals surface area contributed by atoms with Crippen LogP contribution in [0, 0.1) is 5.82 Å². The van der Waals surface area contributed by atoms with Crippen LogP contribution in [0.4, 0.5) is 4.39 Å². The van der Waals surface area contributed by atoms with Crippen LogP contribution in [-0.2, 0) is 0 Å². The van der Waals surface area contributed by atoms with Crippen LogP contribution in [0.3, 0.4) is 0 Å². The van der Waals surface area contributed by atoms with Crippen molar-refractivity contribution >= 4 is 15.9 Å². The summed E-state index contributed by atoms with van der Waals surface area (Å²) in [5.41, 5.74) is 6.36. The Morgan fingerprint density at radius 3 is 2.62 bits per heavy atom. The third kappa shape index (κ3) is 2.19. The molecule has 1 unspecified atom stereocenters. The molecule has 0 aromatic heterocycles. The molecule has 1 aromatic rings. The Bertz CT molecular complexity index is 315. The van der Waals surface area contributed by atoms with Crippen LogP contribution in [0.5, 0.6) is 5.75 Å². The summed E-state index contributed by atoms with van der Waals surface area (Å²) in [7, 11) is 1.49. The van der Waals surface area contributed by atoms with Gasteiger partial charge < -0.3 is 10.5 Å². The smallest absolute Gasteiger partial charge is 0.141 e. The molecule has 72 valence electrons. The van der Waals surface area contributed by atoms with Gasteiger partial charge in [0.15, 0.2) is 0 Å². The Kier molecular flexibility index (Phi) is 3.27. The lowest BCUT2D eigenvalue weighted by atomic mass is 10.1. The second kappa shape index (κ2) is 4.07. The van der Waals surface area contributed by atoms with Gasteiger partial charge in [-0.15, -0.1) is 0 Å². The average Bonchev–Trinajstić information content (AvgIpc) is 2.09. The topological polar surface area (TPSA) is 35.2 Å². The maximum atomic E-state index is 13.2. The number of ether oxygens (including phenoxy) is 1. The minimum Gasteiger partial charge on any atom is -0.497 e. The van der Waals surface area contributed by atoms with E-state index in [9.17, 15) is 4.39 Å². The van der Waals surface area contributed by atoms with Gasteiger partial charge in [0.05, 0.1) is 11.6 Å². The molecule has 0 aliphatic carbocycles. The van der Waals surface area contributed by atoms with E-state index in [1.165, 1.54) is 13.2 Å². The molecule has 0 spiro atoms. The van der Waals surface area contributed by atoms with E-state index in [2.05, 4.69) is 15.9 Å². The van der Waals surface area contributed by atoms with Gasteiger partial charge in [-0.3, -0.25) is 0 Å². The van der Waals surface area contributed by atoms with E-state index in [-0.39, 0.29) is 11.9 Å². The van der Waals surface area contributed by atoms with Crippen LogP contribution >= 0.6 is 15.9 Å². The number of hydrogen-bond donors (Lipinski definition) is 1. The van der Waals surface area contributed by atoms with Gasteiger partial charge in [-0.2, -0.15) is 0 Å².